The van der Waals surface area contributed by atoms with Crippen LogP contribution in [0.3, 0.4) is 0 Å². The fraction of sp³-hybridized carbons (Fsp3) is 0.200. The van der Waals surface area contributed by atoms with E-state index in [0.29, 0.717) is 29.6 Å². The minimum atomic E-state index is -0.115. The van der Waals surface area contributed by atoms with E-state index in [0.717, 1.165) is 16.7 Å². The first-order chi connectivity index (χ1) is 12.0. The normalized spacial score (nSPS) is 10.6. The predicted octanol–water partition coefficient (Wildman–Crippen LogP) is 3.42. The number of pyridine rings is 1. The highest BCUT2D eigenvalue weighted by Gasteiger charge is 2.05. The number of carbonyl (C=O) groups excluding carboxylic acids is 1. The number of fused-ring (bicyclic) bond motifs is 1. The third-order valence-electron chi connectivity index (χ3n) is 4.12. The quantitative estimate of drug-likeness (QED) is 0.750. The van der Waals surface area contributed by atoms with Gasteiger partial charge in [0.25, 0.3) is 5.56 Å². The lowest BCUT2D eigenvalue weighted by atomic mass is 10.1. The summed E-state index contributed by atoms with van der Waals surface area (Å²) in [6.45, 7) is 1.77. The highest BCUT2D eigenvalue weighted by atomic mass is 16.5. The first-order valence-corrected chi connectivity index (χ1v) is 8.11. The molecule has 0 aliphatic heterocycles. The molecule has 0 fully saturated rings. The summed E-state index contributed by atoms with van der Waals surface area (Å²) < 4.78 is 5.12. The highest BCUT2D eigenvalue weighted by molar-refractivity contribution is 5.93. The van der Waals surface area contributed by atoms with Gasteiger partial charge in [0.1, 0.15) is 5.75 Å². The van der Waals surface area contributed by atoms with Crippen LogP contribution in [0.4, 0.5) is 5.69 Å². The molecular formula is C20H20N2O3. The van der Waals surface area contributed by atoms with Crippen molar-refractivity contribution < 1.29 is 9.53 Å². The second-order valence-electron chi connectivity index (χ2n) is 5.98. The van der Waals surface area contributed by atoms with Crippen molar-refractivity contribution in [3.05, 3.63) is 70.0 Å². The van der Waals surface area contributed by atoms with Gasteiger partial charge in [0.05, 0.1) is 12.6 Å². The zero-order valence-corrected chi connectivity index (χ0v) is 14.3. The Labute approximate surface area is 145 Å². The average Bonchev–Trinajstić information content (AvgIpc) is 2.61. The predicted molar refractivity (Wildman–Crippen MR) is 99.3 cm³/mol. The first-order valence-electron chi connectivity index (χ1n) is 8.11. The van der Waals surface area contributed by atoms with Crippen LogP contribution >= 0.6 is 0 Å². The van der Waals surface area contributed by atoms with E-state index in [1.807, 2.05) is 42.5 Å². The number of aryl methyl sites for hydroxylation is 2. The largest absolute Gasteiger partial charge is 0.497 e. The molecule has 0 spiro atoms. The van der Waals surface area contributed by atoms with Gasteiger partial charge in [-0.15, -0.1) is 0 Å². The Kier molecular flexibility index (Phi) is 4.84. The van der Waals surface area contributed by atoms with Crippen LogP contribution in [0.1, 0.15) is 17.5 Å². The van der Waals surface area contributed by atoms with Crippen molar-refractivity contribution in [2.75, 3.05) is 12.4 Å². The number of H-pyrrole nitrogens is 1. The van der Waals surface area contributed by atoms with E-state index in [9.17, 15) is 9.59 Å². The number of anilines is 1. The summed E-state index contributed by atoms with van der Waals surface area (Å²) in [7, 11) is 1.63. The number of aromatic amines is 1. The van der Waals surface area contributed by atoms with Crippen molar-refractivity contribution in [1.82, 2.24) is 4.98 Å². The van der Waals surface area contributed by atoms with Crippen LogP contribution in [0.15, 0.2) is 53.3 Å². The summed E-state index contributed by atoms with van der Waals surface area (Å²) in [6, 6.07) is 15.0. The van der Waals surface area contributed by atoms with Crippen molar-refractivity contribution in [1.29, 1.82) is 0 Å². The van der Waals surface area contributed by atoms with E-state index < -0.39 is 0 Å². The van der Waals surface area contributed by atoms with Crippen molar-refractivity contribution in [3.63, 3.8) is 0 Å². The summed E-state index contributed by atoms with van der Waals surface area (Å²) in [4.78, 5) is 26.7. The molecule has 3 aromatic rings. The molecular weight excluding hydrogens is 316 g/mol. The highest BCUT2D eigenvalue weighted by Crippen LogP contribution is 2.18. The standard InChI is InChI=1S/C20H20N2O3/c1-13-11-15-6-7-16(12-18(15)22-20(13)24)21-19(23)10-5-14-3-8-17(25-2)9-4-14/h3-4,6-9,11-12H,5,10H2,1-2H3,(H,21,23)(H,22,24). The Morgan fingerprint density at radius 1 is 1.12 bits per heavy atom. The van der Waals surface area contributed by atoms with Gasteiger partial charge in [0.15, 0.2) is 0 Å². The van der Waals surface area contributed by atoms with Crippen molar-refractivity contribution in [3.8, 4) is 5.75 Å². The Morgan fingerprint density at radius 2 is 1.88 bits per heavy atom. The molecule has 128 valence electrons. The van der Waals surface area contributed by atoms with Crippen molar-refractivity contribution >= 4 is 22.5 Å². The number of benzene rings is 2. The third-order valence-corrected chi connectivity index (χ3v) is 4.12. The maximum atomic E-state index is 12.2. The Morgan fingerprint density at radius 3 is 2.60 bits per heavy atom. The number of carbonyl (C=O) groups is 1. The molecule has 0 atom stereocenters. The van der Waals surface area contributed by atoms with E-state index in [2.05, 4.69) is 10.3 Å². The lowest BCUT2D eigenvalue weighted by molar-refractivity contribution is -0.116. The van der Waals surface area contributed by atoms with E-state index in [4.69, 9.17) is 4.74 Å². The second-order valence-corrected chi connectivity index (χ2v) is 5.98. The van der Waals surface area contributed by atoms with Crippen LogP contribution in [0, 0.1) is 6.92 Å². The zero-order chi connectivity index (χ0) is 17.8. The van der Waals surface area contributed by atoms with Crippen LogP contribution in [0.5, 0.6) is 5.75 Å². The summed E-state index contributed by atoms with van der Waals surface area (Å²) in [5.41, 5.74) is 3.02. The Balaban J connectivity index is 1.64. The van der Waals surface area contributed by atoms with Gasteiger partial charge in [0.2, 0.25) is 5.91 Å². The molecule has 5 nitrogen and oxygen atoms in total. The number of methoxy groups -OCH3 is 1. The Hall–Kier alpha value is -3.08. The second kappa shape index (κ2) is 7.21. The number of rotatable bonds is 5. The fourth-order valence-electron chi connectivity index (χ4n) is 2.66. The SMILES string of the molecule is COc1ccc(CCC(=O)Nc2ccc3cc(C)c(=O)[nH]c3c2)cc1. The number of aromatic nitrogens is 1. The van der Waals surface area contributed by atoms with E-state index in [-0.39, 0.29) is 11.5 Å². The number of hydrogen-bond donors (Lipinski definition) is 2. The summed E-state index contributed by atoms with van der Waals surface area (Å²) in [5.74, 6) is 0.734. The molecule has 2 aromatic carbocycles. The molecule has 0 bridgehead atoms. The molecule has 1 aromatic heterocycles. The van der Waals surface area contributed by atoms with Gasteiger partial charge in [-0.2, -0.15) is 0 Å². The first kappa shape index (κ1) is 16.8. The molecule has 1 amide bonds. The van der Waals surface area contributed by atoms with E-state index >= 15 is 0 Å². The van der Waals surface area contributed by atoms with Gasteiger partial charge in [-0.3, -0.25) is 9.59 Å². The van der Waals surface area contributed by atoms with E-state index in [1.165, 1.54) is 0 Å². The number of hydrogen-bond acceptors (Lipinski definition) is 3. The molecule has 0 saturated heterocycles. The van der Waals surface area contributed by atoms with Crippen LogP contribution in [-0.4, -0.2) is 18.0 Å². The maximum absolute atomic E-state index is 12.2. The molecule has 5 heteroatoms. The van der Waals surface area contributed by atoms with Gasteiger partial charge in [0, 0.05) is 17.7 Å². The smallest absolute Gasteiger partial charge is 0.251 e. The molecule has 0 unspecified atom stereocenters. The average molecular weight is 336 g/mol. The van der Waals surface area contributed by atoms with Crippen molar-refractivity contribution in [2.45, 2.75) is 19.8 Å². The minimum Gasteiger partial charge on any atom is -0.497 e. The number of nitrogens with one attached hydrogen (secondary N) is 2. The van der Waals surface area contributed by atoms with Crippen LogP contribution in [-0.2, 0) is 11.2 Å². The van der Waals surface area contributed by atoms with Crippen LogP contribution in [0.2, 0.25) is 0 Å². The topological polar surface area (TPSA) is 71.2 Å². The fourth-order valence-corrected chi connectivity index (χ4v) is 2.66. The van der Waals surface area contributed by atoms with Gasteiger partial charge in [-0.25, -0.2) is 0 Å². The molecule has 0 aliphatic rings. The molecule has 2 N–H and O–H groups in total. The summed E-state index contributed by atoms with van der Waals surface area (Å²) in [6.07, 6.45) is 1.04. The van der Waals surface area contributed by atoms with Gasteiger partial charge >= 0.3 is 0 Å². The monoisotopic (exact) mass is 336 g/mol. The van der Waals surface area contributed by atoms with Crippen LogP contribution in [0.25, 0.3) is 10.9 Å². The number of amides is 1. The molecule has 0 saturated carbocycles. The lowest BCUT2D eigenvalue weighted by Crippen LogP contribution is -2.13. The summed E-state index contributed by atoms with van der Waals surface area (Å²) in [5, 5.41) is 3.81. The summed E-state index contributed by atoms with van der Waals surface area (Å²) >= 11 is 0. The zero-order valence-electron chi connectivity index (χ0n) is 14.3. The minimum absolute atomic E-state index is 0.0652. The van der Waals surface area contributed by atoms with Gasteiger partial charge < -0.3 is 15.0 Å². The van der Waals surface area contributed by atoms with Crippen molar-refractivity contribution in [2.24, 2.45) is 0 Å². The lowest BCUT2D eigenvalue weighted by Gasteiger charge is -2.07. The molecule has 0 aliphatic carbocycles. The third kappa shape index (κ3) is 4.07. The van der Waals surface area contributed by atoms with Gasteiger partial charge in [-0.1, -0.05) is 18.2 Å². The van der Waals surface area contributed by atoms with Gasteiger partial charge in [-0.05, 0) is 54.6 Å². The maximum Gasteiger partial charge on any atom is 0.251 e. The molecule has 1 heterocycles. The molecule has 3 rings (SSSR count). The number of ether oxygens (including phenoxy) is 1. The molecule has 0 radical (unpaired) electrons. The van der Waals surface area contributed by atoms with Crippen LogP contribution < -0.4 is 15.6 Å². The van der Waals surface area contributed by atoms with E-state index in [1.54, 1.807) is 20.1 Å². The molecule has 25 heavy (non-hydrogen) atoms. The Bertz CT molecular complexity index is 959.